The van der Waals surface area contributed by atoms with Gasteiger partial charge >= 0.3 is 0 Å². The van der Waals surface area contributed by atoms with Gasteiger partial charge in [0, 0.05) is 6.04 Å². The molecule has 0 saturated carbocycles. The zero-order chi connectivity index (χ0) is 12.1. The topological polar surface area (TPSA) is 21.3 Å². The Morgan fingerprint density at radius 2 is 1.94 bits per heavy atom. The molecule has 0 atom stereocenters. The largest absolute Gasteiger partial charge is 0.496 e. The molecule has 0 spiro atoms. The molecule has 0 heterocycles. The molecule has 1 aromatic carbocycles. The molecule has 1 N–H and O–H groups in total. The standard InChI is InChI=1S/C14H23NO/c1-10(2)15-9-8-13-7-6-11(3)12(4)14(13)16-5/h6-7,10,15H,8-9H2,1-5H3. The fraction of sp³-hybridized carbons (Fsp3) is 0.571. The minimum atomic E-state index is 0.539. The predicted octanol–water partition coefficient (Wildman–Crippen LogP) is 2.85. The quantitative estimate of drug-likeness (QED) is 0.825. The molecular formula is C14H23NO. The lowest BCUT2D eigenvalue weighted by molar-refractivity contribution is 0.405. The average molecular weight is 221 g/mol. The number of benzene rings is 1. The summed E-state index contributed by atoms with van der Waals surface area (Å²) in [6.45, 7) is 9.56. The van der Waals surface area contributed by atoms with Crippen molar-refractivity contribution in [1.29, 1.82) is 0 Å². The highest BCUT2D eigenvalue weighted by Crippen LogP contribution is 2.26. The van der Waals surface area contributed by atoms with Crippen molar-refractivity contribution in [3.05, 3.63) is 28.8 Å². The van der Waals surface area contributed by atoms with Gasteiger partial charge < -0.3 is 10.1 Å². The van der Waals surface area contributed by atoms with Gasteiger partial charge in [-0.05, 0) is 43.5 Å². The fourth-order valence-corrected chi connectivity index (χ4v) is 1.82. The van der Waals surface area contributed by atoms with Gasteiger partial charge in [-0.1, -0.05) is 26.0 Å². The van der Waals surface area contributed by atoms with Crippen molar-refractivity contribution in [3.63, 3.8) is 0 Å². The fourth-order valence-electron chi connectivity index (χ4n) is 1.82. The van der Waals surface area contributed by atoms with E-state index in [0.29, 0.717) is 6.04 Å². The highest BCUT2D eigenvalue weighted by molar-refractivity contribution is 5.45. The summed E-state index contributed by atoms with van der Waals surface area (Å²) < 4.78 is 5.49. The Labute approximate surface area is 99.0 Å². The summed E-state index contributed by atoms with van der Waals surface area (Å²) in [5, 5.41) is 3.42. The Bertz CT molecular complexity index is 345. The number of nitrogens with one attached hydrogen (secondary N) is 1. The second kappa shape index (κ2) is 5.90. The maximum absolute atomic E-state index is 5.49. The molecule has 1 rings (SSSR count). The molecule has 1 aromatic rings. The number of ether oxygens (including phenoxy) is 1. The zero-order valence-electron chi connectivity index (χ0n) is 11.1. The summed E-state index contributed by atoms with van der Waals surface area (Å²) in [7, 11) is 1.75. The van der Waals surface area contributed by atoms with Gasteiger partial charge in [-0.2, -0.15) is 0 Å². The van der Waals surface area contributed by atoms with Crippen molar-refractivity contribution >= 4 is 0 Å². The second-order valence-electron chi connectivity index (χ2n) is 4.56. The highest BCUT2D eigenvalue weighted by Gasteiger charge is 2.08. The van der Waals surface area contributed by atoms with E-state index in [-0.39, 0.29) is 0 Å². The monoisotopic (exact) mass is 221 g/mol. The molecule has 2 heteroatoms. The highest BCUT2D eigenvalue weighted by atomic mass is 16.5. The summed E-state index contributed by atoms with van der Waals surface area (Å²) in [6.07, 6.45) is 1.02. The zero-order valence-corrected chi connectivity index (χ0v) is 11.1. The van der Waals surface area contributed by atoms with Gasteiger partial charge in [0.1, 0.15) is 5.75 Å². The normalized spacial score (nSPS) is 10.9. The molecule has 0 aliphatic rings. The van der Waals surface area contributed by atoms with Gasteiger partial charge in [-0.15, -0.1) is 0 Å². The Kier molecular flexibility index (Phi) is 4.81. The summed E-state index contributed by atoms with van der Waals surface area (Å²) >= 11 is 0. The van der Waals surface area contributed by atoms with Gasteiger partial charge in [-0.25, -0.2) is 0 Å². The third kappa shape index (κ3) is 3.24. The van der Waals surface area contributed by atoms with Crippen LogP contribution in [0.15, 0.2) is 12.1 Å². The average Bonchev–Trinajstić information content (AvgIpc) is 2.23. The molecule has 90 valence electrons. The van der Waals surface area contributed by atoms with Gasteiger partial charge in [0.15, 0.2) is 0 Å². The van der Waals surface area contributed by atoms with E-state index in [9.17, 15) is 0 Å². The van der Waals surface area contributed by atoms with Crippen molar-refractivity contribution in [1.82, 2.24) is 5.32 Å². The lowest BCUT2D eigenvalue weighted by atomic mass is 10.0. The first-order valence-corrected chi connectivity index (χ1v) is 5.92. The van der Waals surface area contributed by atoms with Crippen LogP contribution in [0.1, 0.15) is 30.5 Å². The maximum atomic E-state index is 5.49. The lowest BCUT2D eigenvalue weighted by Crippen LogP contribution is -2.25. The van der Waals surface area contributed by atoms with Crippen LogP contribution in [-0.4, -0.2) is 19.7 Å². The van der Waals surface area contributed by atoms with Crippen LogP contribution in [0, 0.1) is 13.8 Å². The van der Waals surface area contributed by atoms with E-state index in [4.69, 9.17) is 4.74 Å². The van der Waals surface area contributed by atoms with E-state index < -0.39 is 0 Å². The molecular weight excluding hydrogens is 198 g/mol. The summed E-state index contributed by atoms with van der Waals surface area (Å²) in [6, 6.07) is 4.88. The van der Waals surface area contributed by atoms with Crippen molar-refractivity contribution in [3.8, 4) is 5.75 Å². The number of hydrogen-bond acceptors (Lipinski definition) is 2. The van der Waals surface area contributed by atoms with Crippen LogP contribution in [0.2, 0.25) is 0 Å². The molecule has 0 saturated heterocycles. The van der Waals surface area contributed by atoms with E-state index >= 15 is 0 Å². The molecule has 0 fully saturated rings. The van der Waals surface area contributed by atoms with E-state index in [2.05, 4.69) is 45.1 Å². The SMILES string of the molecule is COc1c(CCNC(C)C)ccc(C)c1C. The van der Waals surface area contributed by atoms with E-state index in [0.717, 1.165) is 18.7 Å². The second-order valence-corrected chi connectivity index (χ2v) is 4.56. The van der Waals surface area contributed by atoms with Crippen LogP contribution in [0.3, 0.4) is 0 Å². The van der Waals surface area contributed by atoms with Crippen LogP contribution >= 0.6 is 0 Å². The van der Waals surface area contributed by atoms with Crippen LogP contribution < -0.4 is 10.1 Å². The van der Waals surface area contributed by atoms with E-state index in [1.54, 1.807) is 7.11 Å². The third-order valence-corrected chi connectivity index (χ3v) is 2.91. The number of methoxy groups -OCH3 is 1. The van der Waals surface area contributed by atoms with Gasteiger partial charge in [0.25, 0.3) is 0 Å². The Morgan fingerprint density at radius 1 is 1.25 bits per heavy atom. The molecule has 0 amide bonds. The first-order valence-electron chi connectivity index (χ1n) is 5.92. The summed E-state index contributed by atoms with van der Waals surface area (Å²) in [5.41, 5.74) is 3.83. The number of hydrogen-bond donors (Lipinski definition) is 1. The van der Waals surface area contributed by atoms with E-state index in [1.807, 2.05) is 0 Å². The van der Waals surface area contributed by atoms with Crippen LogP contribution in [0.5, 0.6) is 5.75 Å². The maximum Gasteiger partial charge on any atom is 0.125 e. The Hall–Kier alpha value is -1.02. The minimum Gasteiger partial charge on any atom is -0.496 e. The smallest absolute Gasteiger partial charge is 0.125 e. The Morgan fingerprint density at radius 3 is 2.50 bits per heavy atom. The molecule has 0 bridgehead atoms. The molecule has 0 aliphatic heterocycles. The third-order valence-electron chi connectivity index (χ3n) is 2.91. The predicted molar refractivity (Wildman–Crippen MR) is 69.3 cm³/mol. The molecule has 2 nitrogen and oxygen atoms in total. The molecule has 0 unspecified atom stereocenters. The first kappa shape index (κ1) is 13.0. The molecule has 0 radical (unpaired) electrons. The van der Waals surface area contributed by atoms with Gasteiger partial charge in [0.2, 0.25) is 0 Å². The van der Waals surface area contributed by atoms with Crippen LogP contribution in [-0.2, 0) is 6.42 Å². The van der Waals surface area contributed by atoms with Crippen LogP contribution in [0.25, 0.3) is 0 Å². The number of rotatable bonds is 5. The molecule has 16 heavy (non-hydrogen) atoms. The van der Waals surface area contributed by atoms with Crippen molar-refractivity contribution in [2.75, 3.05) is 13.7 Å². The molecule has 0 aliphatic carbocycles. The summed E-state index contributed by atoms with van der Waals surface area (Å²) in [4.78, 5) is 0. The van der Waals surface area contributed by atoms with Gasteiger partial charge in [0.05, 0.1) is 7.11 Å². The number of aryl methyl sites for hydroxylation is 1. The van der Waals surface area contributed by atoms with Crippen LogP contribution in [0.4, 0.5) is 0 Å². The van der Waals surface area contributed by atoms with E-state index in [1.165, 1.54) is 16.7 Å². The summed E-state index contributed by atoms with van der Waals surface area (Å²) in [5.74, 6) is 1.05. The van der Waals surface area contributed by atoms with Crippen molar-refractivity contribution in [2.45, 2.75) is 40.2 Å². The Balaban J connectivity index is 2.76. The molecule has 0 aromatic heterocycles. The van der Waals surface area contributed by atoms with Crippen molar-refractivity contribution < 1.29 is 4.74 Å². The van der Waals surface area contributed by atoms with Gasteiger partial charge in [-0.3, -0.25) is 0 Å². The first-order chi connectivity index (χ1) is 7.56. The minimum absolute atomic E-state index is 0.539. The lowest BCUT2D eigenvalue weighted by Gasteiger charge is -2.14. The van der Waals surface area contributed by atoms with Crippen molar-refractivity contribution in [2.24, 2.45) is 0 Å².